The maximum Gasteiger partial charge on any atom is 0.251 e. The minimum atomic E-state index is 0.454. The number of rotatable bonds is 6. The zero-order valence-corrected chi connectivity index (χ0v) is 12.2. The van der Waals surface area contributed by atoms with Crippen LogP contribution in [0.4, 0.5) is 0 Å². The Morgan fingerprint density at radius 3 is 2.82 bits per heavy atom. The molecule has 3 aromatic rings. The molecule has 0 spiro atoms. The van der Waals surface area contributed by atoms with Gasteiger partial charge in [-0.15, -0.1) is 10.2 Å². The van der Waals surface area contributed by atoms with Crippen molar-refractivity contribution in [1.29, 1.82) is 0 Å². The van der Waals surface area contributed by atoms with Crippen molar-refractivity contribution in [2.75, 3.05) is 7.11 Å². The Morgan fingerprint density at radius 1 is 1.09 bits per heavy atom. The Kier molecular flexibility index (Phi) is 4.41. The summed E-state index contributed by atoms with van der Waals surface area (Å²) in [4.78, 5) is 4.07. The number of hydrogen-bond donors (Lipinski definition) is 1. The van der Waals surface area contributed by atoms with Gasteiger partial charge in [-0.3, -0.25) is 4.98 Å². The molecule has 2 heterocycles. The number of para-hydroxylation sites is 1. The molecule has 1 aromatic carbocycles. The Morgan fingerprint density at radius 2 is 2.00 bits per heavy atom. The van der Waals surface area contributed by atoms with Gasteiger partial charge in [-0.25, -0.2) is 0 Å². The van der Waals surface area contributed by atoms with Crippen LogP contribution in [-0.2, 0) is 13.1 Å². The van der Waals surface area contributed by atoms with E-state index in [4.69, 9.17) is 9.15 Å². The van der Waals surface area contributed by atoms with Crippen LogP contribution in [-0.4, -0.2) is 22.3 Å². The zero-order chi connectivity index (χ0) is 15.2. The second kappa shape index (κ2) is 6.82. The van der Waals surface area contributed by atoms with Gasteiger partial charge >= 0.3 is 0 Å². The summed E-state index contributed by atoms with van der Waals surface area (Å²) in [5.74, 6) is 1.70. The summed E-state index contributed by atoms with van der Waals surface area (Å²) in [6.45, 7) is 1.19. The van der Waals surface area contributed by atoms with Crippen molar-refractivity contribution < 1.29 is 9.15 Å². The lowest BCUT2D eigenvalue weighted by Gasteiger charge is -2.03. The summed E-state index contributed by atoms with van der Waals surface area (Å²) in [6, 6.07) is 11.5. The Hall–Kier alpha value is -2.73. The molecule has 22 heavy (non-hydrogen) atoms. The summed E-state index contributed by atoms with van der Waals surface area (Å²) in [6.07, 6.45) is 3.57. The molecule has 6 nitrogen and oxygen atoms in total. The van der Waals surface area contributed by atoms with Crippen LogP contribution >= 0.6 is 0 Å². The average Bonchev–Trinajstić information content (AvgIpc) is 3.04. The van der Waals surface area contributed by atoms with Gasteiger partial charge in [-0.2, -0.15) is 0 Å². The molecule has 3 rings (SSSR count). The summed E-state index contributed by atoms with van der Waals surface area (Å²) < 4.78 is 11.0. The van der Waals surface area contributed by atoms with Gasteiger partial charge in [0.2, 0.25) is 5.89 Å². The molecule has 0 radical (unpaired) electrons. The first kappa shape index (κ1) is 14.2. The van der Waals surface area contributed by atoms with Gasteiger partial charge in [0.25, 0.3) is 5.89 Å². The number of nitrogens with zero attached hydrogens (tertiary/aromatic N) is 3. The number of nitrogens with one attached hydrogen (secondary N) is 1. The van der Waals surface area contributed by atoms with Gasteiger partial charge in [0, 0.05) is 18.9 Å². The summed E-state index contributed by atoms with van der Waals surface area (Å²) in [5, 5.41) is 11.4. The first-order chi connectivity index (χ1) is 10.9. The van der Waals surface area contributed by atoms with E-state index in [1.807, 2.05) is 42.6 Å². The monoisotopic (exact) mass is 296 g/mol. The highest BCUT2D eigenvalue weighted by Gasteiger charge is 2.12. The molecule has 0 aliphatic heterocycles. The van der Waals surface area contributed by atoms with E-state index in [-0.39, 0.29) is 0 Å². The molecule has 6 heteroatoms. The number of methoxy groups -OCH3 is 1. The molecular weight excluding hydrogens is 280 g/mol. The number of benzene rings is 1. The lowest BCUT2D eigenvalue weighted by molar-refractivity contribution is 0.413. The van der Waals surface area contributed by atoms with Gasteiger partial charge in [0.05, 0.1) is 19.2 Å². The normalized spacial score (nSPS) is 10.6. The van der Waals surface area contributed by atoms with Crippen molar-refractivity contribution in [2.24, 2.45) is 0 Å². The molecule has 0 amide bonds. The smallest absolute Gasteiger partial charge is 0.251 e. The largest absolute Gasteiger partial charge is 0.496 e. The molecule has 0 fully saturated rings. The quantitative estimate of drug-likeness (QED) is 0.753. The number of hydrogen-bond acceptors (Lipinski definition) is 6. The average molecular weight is 296 g/mol. The highest BCUT2D eigenvalue weighted by molar-refractivity contribution is 5.62. The van der Waals surface area contributed by atoms with Crippen molar-refractivity contribution in [1.82, 2.24) is 20.5 Å². The van der Waals surface area contributed by atoms with E-state index in [0.717, 1.165) is 11.1 Å². The molecule has 0 bridgehead atoms. The second-order valence-electron chi connectivity index (χ2n) is 4.67. The first-order valence-electron chi connectivity index (χ1n) is 6.92. The van der Waals surface area contributed by atoms with Crippen LogP contribution < -0.4 is 10.1 Å². The highest BCUT2D eigenvalue weighted by atomic mass is 16.5. The highest BCUT2D eigenvalue weighted by Crippen LogP contribution is 2.28. The standard InChI is InChI=1S/C16H16N4O2/c1-21-14-7-3-2-6-13(14)16-20-19-15(22-16)11-18-10-12-5-4-8-17-9-12/h2-9,18H,10-11H2,1H3. The number of aromatic nitrogens is 3. The van der Waals surface area contributed by atoms with E-state index in [2.05, 4.69) is 20.5 Å². The maximum atomic E-state index is 5.67. The molecule has 0 aliphatic carbocycles. The SMILES string of the molecule is COc1ccccc1-c1nnc(CNCc2cccnc2)o1. The van der Waals surface area contributed by atoms with Crippen molar-refractivity contribution >= 4 is 0 Å². The molecule has 0 atom stereocenters. The van der Waals surface area contributed by atoms with E-state index >= 15 is 0 Å². The molecule has 0 saturated heterocycles. The molecule has 1 N–H and O–H groups in total. The molecule has 0 saturated carbocycles. The fraction of sp³-hybridized carbons (Fsp3) is 0.188. The summed E-state index contributed by atoms with van der Waals surface area (Å²) >= 11 is 0. The van der Waals surface area contributed by atoms with Gasteiger partial charge in [-0.1, -0.05) is 18.2 Å². The Balaban J connectivity index is 1.64. The van der Waals surface area contributed by atoms with Gasteiger partial charge in [0.15, 0.2) is 0 Å². The third-order valence-electron chi connectivity index (χ3n) is 3.13. The second-order valence-corrected chi connectivity index (χ2v) is 4.67. The van der Waals surface area contributed by atoms with Crippen LogP contribution in [0.15, 0.2) is 53.2 Å². The fourth-order valence-electron chi connectivity index (χ4n) is 2.07. The summed E-state index contributed by atoms with van der Waals surface area (Å²) in [5.41, 5.74) is 1.89. The van der Waals surface area contributed by atoms with Crippen LogP contribution in [0.1, 0.15) is 11.5 Å². The molecule has 0 unspecified atom stereocenters. The molecule has 112 valence electrons. The van der Waals surface area contributed by atoms with E-state index in [1.165, 1.54) is 0 Å². The van der Waals surface area contributed by atoms with Gasteiger partial charge in [0.1, 0.15) is 5.75 Å². The molecule has 0 aliphatic rings. The van der Waals surface area contributed by atoms with Crippen molar-refractivity contribution in [3.63, 3.8) is 0 Å². The van der Waals surface area contributed by atoms with E-state index in [9.17, 15) is 0 Å². The van der Waals surface area contributed by atoms with E-state index < -0.39 is 0 Å². The third-order valence-corrected chi connectivity index (χ3v) is 3.13. The van der Waals surface area contributed by atoms with E-state index in [1.54, 1.807) is 13.3 Å². The van der Waals surface area contributed by atoms with Crippen LogP contribution in [0.2, 0.25) is 0 Å². The van der Waals surface area contributed by atoms with Crippen molar-refractivity contribution in [3.05, 3.63) is 60.2 Å². The fourth-order valence-corrected chi connectivity index (χ4v) is 2.07. The Labute approximate surface area is 128 Å². The topological polar surface area (TPSA) is 73.1 Å². The van der Waals surface area contributed by atoms with Gasteiger partial charge in [-0.05, 0) is 23.8 Å². The van der Waals surface area contributed by atoms with Crippen LogP contribution in [0.25, 0.3) is 11.5 Å². The third kappa shape index (κ3) is 3.29. The van der Waals surface area contributed by atoms with Crippen molar-refractivity contribution in [2.45, 2.75) is 13.1 Å². The minimum absolute atomic E-state index is 0.454. The predicted octanol–water partition coefficient (Wildman–Crippen LogP) is 2.43. The maximum absolute atomic E-state index is 5.67. The first-order valence-corrected chi connectivity index (χ1v) is 6.92. The van der Waals surface area contributed by atoms with Crippen LogP contribution in [0.3, 0.4) is 0 Å². The minimum Gasteiger partial charge on any atom is -0.496 e. The summed E-state index contributed by atoms with van der Waals surface area (Å²) in [7, 11) is 1.62. The van der Waals surface area contributed by atoms with Crippen LogP contribution in [0, 0.1) is 0 Å². The van der Waals surface area contributed by atoms with E-state index in [0.29, 0.717) is 30.6 Å². The zero-order valence-electron chi connectivity index (χ0n) is 12.2. The Bertz CT molecular complexity index is 728. The molecule has 2 aromatic heterocycles. The number of pyridine rings is 1. The van der Waals surface area contributed by atoms with Gasteiger partial charge < -0.3 is 14.5 Å². The van der Waals surface area contributed by atoms with Crippen LogP contribution in [0.5, 0.6) is 5.75 Å². The molecular formula is C16H16N4O2. The van der Waals surface area contributed by atoms with Crippen molar-refractivity contribution in [3.8, 4) is 17.2 Å². The number of ether oxygens (including phenoxy) is 1. The lowest BCUT2D eigenvalue weighted by Crippen LogP contribution is -2.12. The lowest BCUT2D eigenvalue weighted by atomic mass is 10.2. The predicted molar refractivity (Wildman–Crippen MR) is 81.1 cm³/mol.